The van der Waals surface area contributed by atoms with Crippen molar-refractivity contribution in [3.05, 3.63) is 69.2 Å². The summed E-state index contributed by atoms with van der Waals surface area (Å²) in [6.45, 7) is 4.47. The maximum absolute atomic E-state index is 12.8. The van der Waals surface area contributed by atoms with Gasteiger partial charge in [0, 0.05) is 16.7 Å². The molecule has 0 aliphatic heterocycles. The van der Waals surface area contributed by atoms with Crippen molar-refractivity contribution in [2.24, 2.45) is 0 Å². The van der Waals surface area contributed by atoms with Crippen molar-refractivity contribution >= 4 is 35.1 Å². The molecule has 0 heterocycles. The molecule has 28 heavy (non-hydrogen) atoms. The minimum absolute atomic E-state index is 0.0444. The standard InChI is InChI=1S/C21H17ClO6/c1-21(2,3)28-15(23)10-27-20(26)14-9-8-13-16(17(14)22)19(25)12-7-5-4-6-11(12)18(13)24/h4-9H,10H2,1-3H3. The van der Waals surface area contributed by atoms with Crippen LogP contribution in [0.15, 0.2) is 36.4 Å². The van der Waals surface area contributed by atoms with Gasteiger partial charge in [0.2, 0.25) is 0 Å². The number of rotatable bonds is 3. The summed E-state index contributed by atoms with van der Waals surface area (Å²) >= 11 is 6.28. The third-order valence-electron chi connectivity index (χ3n) is 3.99. The Morgan fingerprint density at radius 3 is 2.14 bits per heavy atom. The molecule has 0 spiro atoms. The summed E-state index contributed by atoms with van der Waals surface area (Å²) in [7, 11) is 0. The van der Waals surface area contributed by atoms with E-state index in [2.05, 4.69) is 0 Å². The van der Waals surface area contributed by atoms with Gasteiger partial charge in [0.25, 0.3) is 0 Å². The van der Waals surface area contributed by atoms with E-state index >= 15 is 0 Å². The highest BCUT2D eigenvalue weighted by molar-refractivity contribution is 6.41. The highest BCUT2D eigenvalue weighted by Crippen LogP contribution is 2.34. The van der Waals surface area contributed by atoms with Crippen LogP contribution in [-0.4, -0.2) is 35.7 Å². The molecule has 0 radical (unpaired) electrons. The lowest BCUT2D eigenvalue weighted by atomic mass is 9.83. The van der Waals surface area contributed by atoms with E-state index in [0.29, 0.717) is 0 Å². The molecule has 6 nitrogen and oxygen atoms in total. The lowest BCUT2D eigenvalue weighted by Crippen LogP contribution is -2.27. The van der Waals surface area contributed by atoms with Crippen molar-refractivity contribution in [3.8, 4) is 0 Å². The van der Waals surface area contributed by atoms with E-state index in [1.54, 1.807) is 39.0 Å². The quantitative estimate of drug-likeness (QED) is 0.624. The maximum atomic E-state index is 12.8. The molecule has 2 aromatic rings. The summed E-state index contributed by atoms with van der Waals surface area (Å²) < 4.78 is 10.0. The average molecular weight is 401 g/mol. The predicted octanol–water partition coefficient (Wildman–Crippen LogP) is 3.61. The molecule has 0 aromatic heterocycles. The first-order valence-corrected chi connectivity index (χ1v) is 8.88. The topological polar surface area (TPSA) is 86.7 Å². The van der Waals surface area contributed by atoms with Gasteiger partial charge in [0.1, 0.15) is 5.60 Å². The van der Waals surface area contributed by atoms with Gasteiger partial charge in [-0.3, -0.25) is 9.59 Å². The molecule has 144 valence electrons. The first-order valence-electron chi connectivity index (χ1n) is 8.50. The van der Waals surface area contributed by atoms with Gasteiger partial charge < -0.3 is 9.47 Å². The molecule has 2 aromatic carbocycles. The fourth-order valence-electron chi connectivity index (χ4n) is 2.88. The number of benzene rings is 2. The van der Waals surface area contributed by atoms with Crippen molar-refractivity contribution < 1.29 is 28.7 Å². The third kappa shape index (κ3) is 3.68. The Bertz CT molecular complexity index is 1020. The Morgan fingerprint density at radius 2 is 1.54 bits per heavy atom. The van der Waals surface area contributed by atoms with Gasteiger partial charge in [-0.1, -0.05) is 35.9 Å². The predicted molar refractivity (Wildman–Crippen MR) is 101 cm³/mol. The van der Waals surface area contributed by atoms with E-state index < -0.39 is 29.9 Å². The van der Waals surface area contributed by atoms with Gasteiger partial charge in [-0.25, -0.2) is 9.59 Å². The number of fused-ring (bicyclic) bond motifs is 2. The number of carbonyl (C=O) groups is 4. The second-order valence-electron chi connectivity index (χ2n) is 7.22. The Balaban J connectivity index is 1.88. The molecule has 0 saturated heterocycles. The lowest BCUT2D eigenvalue weighted by Gasteiger charge is -2.20. The van der Waals surface area contributed by atoms with Crippen LogP contribution in [0.3, 0.4) is 0 Å². The zero-order valence-corrected chi connectivity index (χ0v) is 16.3. The van der Waals surface area contributed by atoms with Gasteiger partial charge in [0.05, 0.1) is 16.1 Å². The minimum atomic E-state index is -0.891. The lowest BCUT2D eigenvalue weighted by molar-refractivity contribution is -0.158. The Kier molecular flexibility index (Phi) is 5.08. The van der Waals surface area contributed by atoms with E-state index in [-0.39, 0.29) is 38.6 Å². The summed E-state index contributed by atoms with van der Waals surface area (Å²) in [5, 5.41) is -0.181. The molecule has 0 bridgehead atoms. The first kappa shape index (κ1) is 19.8. The molecule has 3 rings (SSSR count). The van der Waals surface area contributed by atoms with Crippen LogP contribution in [0.4, 0.5) is 0 Å². The number of carbonyl (C=O) groups excluding carboxylic acids is 4. The van der Waals surface area contributed by atoms with Crippen LogP contribution in [-0.2, 0) is 14.3 Å². The number of hydrogen-bond donors (Lipinski definition) is 0. The fraction of sp³-hybridized carbons (Fsp3) is 0.238. The number of ether oxygens (including phenoxy) is 2. The van der Waals surface area contributed by atoms with Crippen LogP contribution in [0.5, 0.6) is 0 Å². The molecular weight excluding hydrogens is 384 g/mol. The fourth-order valence-corrected chi connectivity index (χ4v) is 3.20. The highest BCUT2D eigenvalue weighted by Gasteiger charge is 2.33. The Hall–Kier alpha value is -2.99. The molecule has 7 heteroatoms. The van der Waals surface area contributed by atoms with Gasteiger partial charge >= 0.3 is 11.9 Å². The summed E-state index contributed by atoms with van der Waals surface area (Å²) in [5.74, 6) is -2.40. The number of halogens is 1. The highest BCUT2D eigenvalue weighted by atomic mass is 35.5. The van der Waals surface area contributed by atoms with Gasteiger partial charge in [-0.05, 0) is 32.9 Å². The minimum Gasteiger partial charge on any atom is -0.457 e. The van der Waals surface area contributed by atoms with E-state index in [1.807, 2.05) is 0 Å². The molecule has 0 atom stereocenters. The summed E-state index contributed by atoms with van der Waals surface area (Å²) in [5.41, 5.74) is -0.232. The molecule has 0 saturated carbocycles. The van der Waals surface area contributed by atoms with Crippen LogP contribution in [0, 0.1) is 0 Å². The van der Waals surface area contributed by atoms with E-state index in [9.17, 15) is 19.2 Å². The Morgan fingerprint density at radius 1 is 0.929 bits per heavy atom. The summed E-state index contributed by atoms with van der Waals surface area (Å²) in [4.78, 5) is 49.5. The molecule has 1 aliphatic rings. The van der Waals surface area contributed by atoms with Crippen LogP contribution < -0.4 is 0 Å². The molecule has 0 unspecified atom stereocenters. The SMILES string of the molecule is CC(C)(C)OC(=O)COC(=O)c1ccc2c(c1Cl)C(=O)c1ccccc1C2=O. The smallest absolute Gasteiger partial charge is 0.344 e. The van der Waals surface area contributed by atoms with Gasteiger partial charge in [-0.15, -0.1) is 0 Å². The zero-order valence-electron chi connectivity index (χ0n) is 15.5. The number of esters is 2. The largest absolute Gasteiger partial charge is 0.457 e. The van der Waals surface area contributed by atoms with Crippen molar-refractivity contribution in [1.82, 2.24) is 0 Å². The molecule has 0 amide bonds. The Labute approximate surface area is 166 Å². The van der Waals surface area contributed by atoms with Crippen LogP contribution >= 0.6 is 11.6 Å². The average Bonchev–Trinajstić information content (AvgIpc) is 2.62. The van der Waals surface area contributed by atoms with Gasteiger partial charge in [-0.2, -0.15) is 0 Å². The van der Waals surface area contributed by atoms with E-state index in [1.165, 1.54) is 18.2 Å². The van der Waals surface area contributed by atoms with E-state index in [0.717, 1.165) is 0 Å². The van der Waals surface area contributed by atoms with Crippen molar-refractivity contribution in [2.75, 3.05) is 6.61 Å². The monoisotopic (exact) mass is 400 g/mol. The maximum Gasteiger partial charge on any atom is 0.344 e. The van der Waals surface area contributed by atoms with Crippen LogP contribution in [0.2, 0.25) is 5.02 Å². The van der Waals surface area contributed by atoms with Gasteiger partial charge in [0.15, 0.2) is 18.2 Å². The van der Waals surface area contributed by atoms with Crippen molar-refractivity contribution in [1.29, 1.82) is 0 Å². The first-order chi connectivity index (χ1) is 13.1. The van der Waals surface area contributed by atoms with Crippen molar-refractivity contribution in [3.63, 3.8) is 0 Å². The van der Waals surface area contributed by atoms with E-state index in [4.69, 9.17) is 21.1 Å². The molecular formula is C21H17ClO6. The number of hydrogen-bond acceptors (Lipinski definition) is 6. The van der Waals surface area contributed by atoms with Crippen LogP contribution in [0.25, 0.3) is 0 Å². The molecule has 0 fully saturated rings. The zero-order chi connectivity index (χ0) is 20.6. The second-order valence-corrected chi connectivity index (χ2v) is 7.59. The van der Waals surface area contributed by atoms with Crippen LogP contribution in [0.1, 0.15) is 63.0 Å². The summed E-state index contributed by atoms with van der Waals surface area (Å²) in [6.07, 6.45) is 0. The molecule has 1 aliphatic carbocycles. The van der Waals surface area contributed by atoms with Crippen molar-refractivity contribution in [2.45, 2.75) is 26.4 Å². The normalized spacial score (nSPS) is 12.9. The summed E-state index contributed by atoms with van der Waals surface area (Å²) in [6, 6.07) is 9.07. The number of ketones is 2. The molecule has 0 N–H and O–H groups in total. The second kappa shape index (κ2) is 7.20. The third-order valence-corrected chi connectivity index (χ3v) is 4.38.